The first-order chi connectivity index (χ1) is 11.5. The molecule has 0 spiro atoms. The van der Waals surface area contributed by atoms with E-state index in [1.165, 1.54) is 12.1 Å². The van der Waals surface area contributed by atoms with E-state index in [0.717, 1.165) is 38.2 Å². The summed E-state index contributed by atoms with van der Waals surface area (Å²) in [5, 5.41) is 13.6. The molecule has 0 aliphatic heterocycles. The highest BCUT2D eigenvalue weighted by atomic mass is 19.1. The van der Waals surface area contributed by atoms with Crippen LogP contribution >= 0.6 is 0 Å². The molecule has 130 valence electrons. The predicted octanol–water partition coefficient (Wildman–Crippen LogP) is 3.15. The number of carboxylic acids is 1. The van der Waals surface area contributed by atoms with Gasteiger partial charge in [-0.1, -0.05) is 19.3 Å². The highest BCUT2D eigenvalue weighted by molar-refractivity contribution is 5.95. The average molecular weight is 336 g/mol. The number of amides is 2. The maximum absolute atomic E-state index is 13.9. The van der Waals surface area contributed by atoms with Gasteiger partial charge in [0, 0.05) is 18.0 Å². The molecule has 0 bridgehead atoms. The zero-order valence-electron chi connectivity index (χ0n) is 13.3. The molecular weight excluding hydrogens is 315 g/mol. The standard InChI is InChI=1S/C17H21FN2O4/c18-13-7-6-12(19-15(21)8-9-16(22)23)10-14(13)20-17(24)11-4-2-1-3-5-11/h6-7,10-11H,1-5,8-9H2,(H,19,21)(H,20,24)(H,22,23). The Labute approximate surface area is 139 Å². The van der Waals surface area contributed by atoms with Gasteiger partial charge >= 0.3 is 5.97 Å². The van der Waals surface area contributed by atoms with E-state index < -0.39 is 17.7 Å². The summed E-state index contributed by atoms with van der Waals surface area (Å²) in [5.74, 6) is -2.43. The Morgan fingerprint density at radius 1 is 1.08 bits per heavy atom. The van der Waals surface area contributed by atoms with Crippen molar-refractivity contribution in [2.75, 3.05) is 10.6 Å². The molecule has 2 amide bonds. The van der Waals surface area contributed by atoms with Gasteiger partial charge in [-0.2, -0.15) is 0 Å². The summed E-state index contributed by atoms with van der Waals surface area (Å²) in [4.78, 5) is 34.3. The second-order valence-corrected chi connectivity index (χ2v) is 5.96. The minimum Gasteiger partial charge on any atom is -0.481 e. The third kappa shape index (κ3) is 5.33. The number of halogens is 1. The lowest BCUT2D eigenvalue weighted by Gasteiger charge is -2.21. The van der Waals surface area contributed by atoms with Crippen molar-refractivity contribution in [2.45, 2.75) is 44.9 Å². The summed E-state index contributed by atoms with van der Waals surface area (Å²) >= 11 is 0. The van der Waals surface area contributed by atoms with Crippen LogP contribution in [0, 0.1) is 11.7 Å². The van der Waals surface area contributed by atoms with Gasteiger partial charge < -0.3 is 15.7 Å². The van der Waals surface area contributed by atoms with Crippen molar-refractivity contribution in [2.24, 2.45) is 5.92 Å². The lowest BCUT2D eigenvalue weighted by atomic mass is 9.88. The molecule has 0 radical (unpaired) electrons. The van der Waals surface area contributed by atoms with Gasteiger partial charge in [0.2, 0.25) is 11.8 Å². The molecule has 1 aromatic rings. The number of nitrogens with one attached hydrogen (secondary N) is 2. The number of benzene rings is 1. The monoisotopic (exact) mass is 336 g/mol. The fourth-order valence-corrected chi connectivity index (χ4v) is 2.74. The number of carbonyl (C=O) groups is 3. The first-order valence-corrected chi connectivity index (χ1v) is 8.08. The minimum absolute atomic E-state index is 0.0154. The van der Waals surface area contributed by atoms with Gasteiger partial charge in [0.15, 0.2) is 0 Å². The first-order valence-electron chi connectivity index (χ1n) is 8.08. The molecule has 0 heterocycles. The third-order valence-corrected chi connectivity index (χ3v) is 4.05. The number of hydrogen-bond donors (Lipinski definition) is 3. The summed E-state index contributed by atoms with van der Waals surface area (Å²) < 4.78 is 13.9. The Balaban J connectivity index is 1.98. The van der Waals surface area contributed by atoms with Crippen molar-refractivity contribution in [3.63, 3.8) is 0 Å². The predicted molar refractivity (Wildman–Crippen MR) is 87.1 cm³/mol. The normalized spacial score (nSPS) is 14.9. The lowest BCUT2D eigenvalue weighted by molar-refractivity contribution is -0.138. The summed E-state index contributed by atoms with van der Waals surface area (Å²) in [6.45, 7) is 0. The first kappa shape index (κ1) is 17.9. The van der Waals surface area contributed by atoms with Crippen LogP contribution < -0.4 is 10.6 Å². The van der Waals surface area contributed by atoms with Crippen molar-refractivity contribution in [1.82, 2.24) is 0 Å². The molecule has 1 aliphatic carbocycles. The van der Waals surface area contributed by atoms with Crippen LogP contribution in [0.25, 0.3) is 0 Å². The Morgan fingerprint density at radius 3 is 2.46 bits per heavy atom. The number of rotatable bonds is 6. The van der Waals surface area contributed by atoms with Crippen LogP contribution in [0.2, 0.25) is 0 Å². The van der Waals surface area contributed by atoms with Crippen LogP contribution in [0.15, 0.2) is 18.2 Å². The number of carbonyl (C=O) groups excluding carboxylic acids is 2. The summed E-state index contributed by atoms with van der Waals surface area (Å²) in [6, 6.07) is 3.86. The fourth-order valence-electron chi connectivity index (χ4n) is 2.74. The molecule has 1 fully saturated rings. The molecule has 0 saturated heterocycles. The highest BCUT2D eigenvalue weighted by Gasteiger charge is 2.22. The lowest BCUT2D eigenvalue weighted by Crippen LogP contribution is -2.25. The highest BCUT2D eigenvalue weighted by Crippen LogP contribution is 2.26. The summed E-state index contributed by atoms with van der Waals surface area (Å²) in [7, 11) is 0. The Bertz CT molecular complexity index is 627. The van der Waals surface area contributed by atoms with E-state index >= 15 is 0 Å². The smallest absolute Gasteiger partial charge is 0.303 e. The summed E-state index contributed by atoms with van der Waals surface area (Å²) in [5.41, 5.74) is 0.326. The molecule has 1 aromatic carbocycles. The molecule has 24 heavy (non-hydrogen) atoms. The second-order valence-electron chi connectivity index (χ2n) is 5.96. The Hall–Kier alpha value is -2.44. The molecule has 1 aliphatic rings. The van der Waals surface area contributed by atoms with Crippen LogP contribution in [0.4, 0.5) is 15.8 Å². The van der Waals surface area contributed by atoms with Crippen LogP contribution in [0.1, 0.15) is 44.9 Å². The van der Waals surface area contributed by atoms with E-state index in [2.05, 4.69) is 10.6 Å². The second kappa shape index (κ2) is 8.42. The van der Waals surface area contributed by atoms with Crippen molar-refractivity contribution in [3.05, 3.63) is 24.0 Å². The zero-order valence-corrected chi connectivity index (χ0v) is 13.3. The van der Waals surface area contributed by atoms with Gasteiger partial charge in [-0.05, 0) is 31.0 Å². The van der Waals surface area contributed by atoms with E-state index in [1.54, 1.807) is 0 Å². The quantitative estimate of drug-likeness (QED) is 0.743. The van der Waals surface area contributed by atoms with Crippen molar-refractivity contribution >= 4 is 29.2 Å². The maximum Gasteiger partial charge on any atom is 0.303 e. The average Bonchev–Trinajstić information content (AvgIpc) is 2.57. The Morgan fingerprint density at radius 2 is 1.79 bits per heavy atom. The number of aliphatic carboxylic acids is 1. The molecule has 0 aromatic heterocycles. The van der Waals surface area contributed by atoms with Gasteiger partial charge in [0.1, 0.15) is 5.82 Å². The van der Waals surface area contributed by atoms with Gasteiger partial charge in [0.05, 0.1) is 12.1 Å². The third-order valence-electron chi connectivity index (χ3n) is 4.05. The van der Waals surface area contributed by atoms with Crippen molar-refractivity contribution < 1.29 is 23.9 Å². The minimum atomic E-state index is -1.07. The zero-order chi connectivity index (χ0) is 17.5. The largest absolute Gasteiger partial charge is 0.481 e. The maximum atomic E-state index is 13.9. The van der Waals surface area contributed by atoms with Gasteiger partial charge in [0.25, 0.3) is 0 Å². The van der Waals surface area contributed by atoms with Crippen LogP contribution in [0.5, 0.6) is 0 Å². The van der Waals surface area contributed by atoms with E-state index in [1.807, 2.05) is 0 Å². The molecule has 7 heteroatoms. The van der Waals surface area contributed by atoms with Crippen LogP contribution in [0.3, 0.4) is 0 Å². The fraction of sp³-hybridized carbons (Fsp3) is 0.471. The SMILES string of the molecule is O=C(O)CCC(=O)Nc1ccc(F)c(NC(=O)C2CCCCC2)c1. The Kier molecular flexibility index (Phi) is 6.28. The van der Waals surface area contributed by atoms with Crippen LogP contribution in [-0.4, -0.2) is 22.9 Å². The van der Waals surface area contributed by atoms with Gasteiger partial charge in [-0.25, -0.2) is 4.39 Å². The van der Waals surface area contributed by atoms with Crippen molar-refractivity contribution in [3.8, 4) is 0 Å². The number of hydrogen-bond acceptors (Lipinski definition) is 3. The summed E-state index contributed by atoms with van der Waals surface area (Å²) in [6.07, 6.45) is 4.28. The van der Waals surface area contributed by atoms with Gasteiger partial charge in [-0.15, -0.1) is 0 Å². The number of carboxylic acid groups (broad SMARTS) is 1. The van der Waals surface area contributed by atoms with Crippen molar-refractivity contribution in [1.29, 1.82) is 0 Å². The van der Waals surface area contributed by atoms with Gasteiger partial charge in [-0.3, -0.25) is 14.4 Å². The molecule has 3 N–H and O–H groups in total. The molecule has 6 nitrogen and oxygen atoms in total. The molecule has 1 saturated carbocycles. The molecular formula is C17H21FN2O4. The van der Waals surface area contributed by atoms with E-state index in [9.17, 15) is 18.8 Å². The topological polar surface area (TPSA) is 95.5 Å². The number of anilines is 2. The van der Waals surface area contributed by atoms with Crippen LogP contribution in [-0.2, 0) is 14.4 Å². The molecule has 0 unspecified atom stereocenters. The molecule has 2 rings (SSSR count). The molecule has 0 atom stereocenters. The van der Waals surface area contributed by atoms with E-state index in [-0.39, 0.29) is 30.4 Å². The van der Waals surface area contributed by atoms with E-state index in [4.69, 9.17) is 5.11 Å². The van der Waals surface area contributed by atoms with E-state index in [0.29, 0.717) is 5.69 Å².